The van der Waals surface area contributed by atoms with Gasteiger partial charge in [-0.1, -0.05) is 0 Å². The normalized spacial score (nSPS) is 12.4. The van der Waals surface area contributed by atoms with Gasteiger partial charge >= 0.3 is 0 Å². The highest BCUT2D eigenvalue weighted by atomic mass is 19.1. The van der Waals surface area contributed by atoms with Crippen molar-refractivity contribution in [2.24, 2.45) is 4.99 Å². The fourth-order valence-corrected chi connectivity index (χ4v) is 3.03. The summed E-state index contributed by atoms with van der Waals surface area (Å²) in [6.45, 7) is 1.77. The summed E-state index contributed by atoms with van der Waals surface area (Å²) in [7, 11) is 0. The van der Waals surface area contributed by atoms with Gasteiger partial charge in [0.05, 0.1) is 18.1 Å². The average molecular weight is 443 g/mol. The standard InChI is InChI=1S/C23H18FN7O2/c1-16-12-17(22(32)29-21-7-5-18(24)13-28-21)4-6-20(16)31(30-11-3-2-8-26-15-30)23(33)19-14-25-9-10-27-19/h2-15H,1H3,(H,28,29,32). The van der Waals surface area contributed by atoms with E-state index in [1.54, 1.807) is 49.7 Å². The summed E-state index contributed by atoms with van der Waals surface area (Å²) in [4.78, 5) is 42.0. The lowest BCUT2D eigenvalue weighted by Gasteiger charge is -2.31. The molecule has 1 aliphatic rings. The molecule has 10 heteroatoms. The van der Waals surface area contributed by atoms with Crippen molar-refractivity contribution in [2.75, 3.05) is 10.3 Å². The second-order valence-electron chi connectivity index (χ2n) is 6.85. The Morgan fingerprint density at radius 2 is 1.94 bits per heavy atom. The molecular weight excluding hydrogens is 425 g/mol. The van der Waals surface area contributed by atoms with Crippen LogP contribution in [0.5, 0.6) is 0 Å². The number of nitrogens with zero attached hydrogens (tertiary/aromatic N) is 6. The summed E-state index contributed by atoms with van der Waals surface area (Å²) in [5, 5.41) is 5.51. The lowest BCUT2D eigenvalue weighted by atomic mass is 10.1. The maximum atomic E-state index is 13.3. The molecule has 0 saturated heterocycles. The first-order valence-electron chi connectivity index (χ1n) is 9.82. The number of hydrazine groups is 1. The van der Waals surface area contributed by atoms with Gasteiger partial charge in [0.1, 0.15) is 23.7 Å². The molecule has 3 heterocycles. The van der Waals surface area contributed by atoms with E-state index in [1.807, 2.05) is 0 Å². The van der Waals surface area contributed by atoms with Crippen LogP contribution in [0.4, 0.5) is 15.9 Å². The van der Waals surface area contributed by atoms with E-state index in [0.717, 1.165) is 6.20 Å². The summed E-state index contributed by atoms with van der Waals surface area (Å²) in [5.41, 5.74) is 1.64. The Hall–Kier alpha value is -4.73. The first-order chi connectivity index (χ1) is 16.0. The van der Waals surface area contributed by atoms with Crippen molar-refractivity contribution in [1.29, 1.82) is 0 Å². The Morgan fingerprint density at radius 1 is 1.06 bits per heavy atom. The molecule has 0 atom stereocenters. The van der Waals surface area contributed by atoms with Gasteiger partial charge in [-0.15, -0.1) is 0 Å². The molecule has 1 aliphatic heterocycles. The molecule has 0 spiro atoms. The van der Waals surface area contributed by atoms with Crippen molar-refractivity contribution < 1.29 is 14.0 Å². The summed E-state index contributed by atoms with van der Waals surface area (Å²) >= 11 is 0. The molecule has 2 aromatic heterocycles. The van der Waals surface area contributed by atoms with E-state index < -0.39 is 17.6 Å². The molecule has 0 aliphatic carbocycles. The van der Waals surface area contributed by atoms with Crippen molar-refractivity contribution in [3.8, 4) is 0 Å². The van der Waals surface area contributed by atoms with Crippen LogP contribution in [0.1, 0.15) is 26.4 Å². The monoisotopic (exact) mass is 443 g/mol. The maximum Gasteiger partial charge on any atom is 0.297 e. The molecule has 0 radical (unpaired) electrons. The van der Waals surface area contributed by atoms with Crippen LogP contribution in [0.2, 0.25) is 0 Å². The number of anilines is 2. The van der Waals surface area contributed by atoms with Crippen molar-refractivity contribution in [2.45, 2.75) is 6.92 Å². The SMILES string of the molecule is Cc1cc(C(=O)Nc2ccc(F)cn2)ccc1N(C(=O)c1cnccn1)N1C=CC=CN=C1. The number of aryl methyl sites for hydroxylation is 1. The number of benzene rings is 1. The van der Waals surface area contributed by atoms with Crippen LogP contribution in [-0.4, -0.2) is 38.1 Å². The summed E-state index contributed by atoms with van der Waals surface area (Å²) in [5.74, 6) is -1.13. The number of rotatable bonds is 5. The second kappa shape index (κ2) is 9.60. The lowest BCUT2D eigenvalue weighted by Crippen LogP contribution is -2.44. The Bertz CT molecular complexity index is 1240. The van der Waals surface area contributed by atoms with Crippen LogP contribution >= 0.6 is 0 Å². The molecule has 2 amide bonds. The topological polar surface area (TPSA) is 104 Å². The number of pyridine rings is 1. The number of hydrogen-bond acceptors (Lipinski definition) is 7. The third kappa shape index (κ3) is 4.96. The zero-order chi connectivity index (χ0) is 23.2. The minimum absolute atomic E-state index is 0.139. The van der Waals surface area contributed by atoms with Crippen molar-refractivity contribution in [3.63, 3.8) is 0 Å². The fraction of sp³-hybridized carbons (Fsp3) is 0.0435. The van der Waals surface area contributed by atoms with E-state index in [9.17, 15) is 14.0 Å². The largest absolute Gasteiger partial charge is 0.307 e. The van der Waals surface area contributed by atoms with Gasteiger partial charge in [0.15, 0.2) is 0 Å². The highest BCUT2D eigenvalue weighted by Gasteiger charge is 2.25. The summed E-state index contributed by atoms with van der Waals surface area (Å²) in [6, 6.07) is 7.45. The molecule has 4 rings (SSSR count). The number of carbonyl (C=O) groups excluding carboxylic acids is 2. The number of amides is 2. The van der Waals surface area contributed by atoms with Crippen LogP contribution in [0.15, 0.2) is 84.7 Å². The first kappa shape index (κ1) is 21.5. The molecule has 9 nitrogen and oxygen atoms in total. The first-order valence-corrected chi connectivity index (χ1v) is 9.82. The molecular formula is C23H18FN7O2. The zero-order valence-electron chi connectivity index (χ0n) is 17.5. The van der Waals surface area contributed by atoms with Gasteiger partial charge in [-0.05, 0) is 55.0 Å². The van der Waals surface area contributed by atoms with E-state index in [2.05, 4.69) is 25.3 Å². The van der Waals surface area contributed by atoms with E-state index >= 15 is 0 Å². The summed E-state index contributed by atoms with van der Waals surface area (Å²) in [6.07, 6.45) is 13.5. The Labute approximate surface area is 188 Å². The van der Waals surface area contributed by atoms with E-state index in [1.165, 1.54) is 47.1 Å². The van der Waals surface area contributed by atoms with Gasteiger partial charge in [-0.2, -0.15) is 0 Å². The molecule has 164 valence electrons. The highest BCUT2D eigenvalue weighted by Crippen LogP contribution is 2.25. The number of halogens is 1. The quantitative estimate of drug-likeness (QED) is 0.647. The molecule has 1 aromatic carbocycles. The van der Waals surface area contributed by atoms with Crippen LogP contribution in [0.3, 0.4) is 0 Å². The number of aliphatic imine (C=N–C) groups is 1. The number of allylic oxidation sites excluding steroid dienone is 2. The zero-order valence-corrected chi connectivity index (χ0v) is 17.5. The molecule has 33 heavy (non-hydrogen) atoms. The molecule has 1 N–H and O–H groups in total. The minimum Gasteiger partial charge on any atom is -0.307 e. The van der Waals surface area contributed by atoms with Crippen molar-refractivity contribution in [3.05, 3.63) is 102 Å². The number of aromatic nitrogens is 3. The highest BCUT2D eigenvalue weighted by molar-refractivity contribution is 6.07. The molecule has 0 bridgehead atoms. The van der Waals surface area contributed by atoms with Crippen LogP contribution in [-0.2, 0) is 0 Å². The van der Waals surface area contributed by atoms with Gasteiger partial charge in [0.2, 0.25) is 0 Å². The Kier molecular flexibility index (Phi) is 6.26. The van der Waals surface area contributed by atoms with Gasteiger partial charge < -0.3 is 5.32 Å². The predicted molar refractivity (Wildman–Crippen MR) is 121 cm³/mol. The maximum absolute atomic E-state index is 13.3. The average Bonchev–Trinajstić information content (AvgIpc) is 3.11. The van der Waals surface area contributed by atoms with Crippen LogP contribution < -0.4 is 10.3 Å². The van der Waals surface area contributed by atoms with Gasteiger partial charge in [0, 0.05) is 30.4 Å². The lowest BCUT2D eigenvalue weighted by molar-refractivity contribution is 0.0948. The second-order valence-corrected chi connectivity index (χ2v) is 6.85. The van der Waals surface area contributed by atoms with E-state index in [4.69, 9.17) is 0 Å². The predicted octanol–water partition coefficient (Wildman–Crippen LogP) is 3.50. The van der Waals surface area contributed by atoms with Gasteiger partial charge in [-0.3, -0.25) is 14.6 Å². The molecule has 0 fully saturated rings. The third-order valence-corrected chi connectivity index (χ3v) is 4.57. The Morgan fingerprint density at radius 3 is 2.67 bits per heavy atom. The van der Waals surface area contributed by atoms with E-state index in [0.29, 0.717) is 16.8 Å². The van der Waals surface area contributed by atoms with Crippen molar-refractivity contribution in [1.82, 2.24) is 20.0 Å². The smallest absolute Gasteiger partial charge is 0.297 e. The Balaban J connectivity index is 1.66. The number of carbonyl (C=O) groups is 2. The van der Waals surface area contributed by atoms with Crippen LogP contribution in [0.25, 0.3) is 0 Å². The third-order valence-electron chi connectivity index (χ3n) is 4.57. The summed E-state index contributed by atoms with van der Waals surface area (Å²) < 4.78 is 13.0. The van der Waals surface area contributed by atoms with Gasteiger partial charge in [-0.25, -0.2) is 29.4 Å². The van der Waals surface area contributed by atoms with Crippen LogP contribution in [0, 0.1) is 12.7 Å². The molecule has 0 saturated carbocycles. The van der Waals surface area contributed by atoms with E-state index in [-0.39, 0.29) is 11.5 Å². The molecule has 3 aromatic rings. The fourth-order valence-electron chi connectivity index (χ4n) is 3.03. The molecule has 0 unspecified atom stereocenters. The number of hydrogen-bond donors (Lipinski definition) is 1. The minimum atomic E-state index is -0.498. The van der Waals surface area contributed by atoms with Crippen molar-refractivity contribution >= 4 is 29.7 Å². The van der Waals surface area contributed by atoms with Gasteiger partial charge in [0.25, 0.3) is 11.8 Å². The number of nitrogens with one attached hydrogen (secondary N) is 1.